The Hall–Kier alpha value is -2.17. The van der Waals surface area contributed by atoms with E-state index in [2.05, 4.69) is 9.97 Å². The van der Waals surface area contributed by atoms with E-state index in [1.165, 1.54) is 34.8 Å². The van der Waals surface area contributed by atoms with Crippen LogP contribution in [0.25, 0.3) is 10.2 Å². The van der Waals surface area contributed by atoms with Crippen LogP contribution in [0.1, 0.15) is 26.3 Å². The van der Waals surface area contributed by atoms with E-state index in [1.54, 1.807) is 18.5 Å². The highest BCUT2D eigenvalue weighted by Gasteiger charge is 2.27. The van der Waals surface area contributed by atoms with Gasteiger partial charge in [0.15, 0.2) is 11.7 Å². The zero-order chi connectivity index (χ0) is 15.0. The lowest BCUT2D eigenvalue weighted by Crippen LogP contribution is -2.10. The number of aromatic nitrogens is 2. The van der Waals surface area contributed by atoms with Gasteiger partial charge in [0.2, 0.25) is 0 Å². The number of hydrogen-bond donors (Lipinski definition) is 0. The zero-order valence-electron chi connectivity index (χ0n) is 10.8. The fourth-order valence-electron chi connectivity index (χ4n) is 1.94. The van der Waals surface area contributed by atoms with Crippen LogP contribution in [0.5, 0.6) is 0 Å². The second-order valence-electron chi connectivity index (χ2n) is 4.36. The highest BCUT2D eigenvalue weighted by molar-refractivity contribution is 7.19. The van der Waals surface area contributed by atoms with Crippen molar-refractivity contribution in [3.63, 3.8) is 0 Å². The molecule has 2 aromatic heterocycles. The van der Waals surface area contributed by atoms with E-state index in [4.69, 9.17) is 0 Å². The zero-order valence-corrected chi connectivity index (χ0v) is 12.5. The molecule has 0 fully saturated rings. The van der Waals surface area contributed by atoms with E-state index in [1.807, 2.05) is 6.07 Å². The van der Waals surface area contributed by atoms with Crippen molar-refractivity contribution >= 4 is 38.7 Å². The molecule has 3 rings (SSSR count). The molecule has 1 atom stereocenters. The maximum atomic E-state index is 13.2. The molecule has 0 radical (unpaired) electrons. The van der Waals surface area contributed by atoms with Crippen LogP contribution in [0, 0.1) is 24.1 Å². The first kappa shape index (κ1) is 13.8. The third-order valence-electron chi connectivity index (χ3n) is 2.97. The van der Waals surface area contributed by atoms with Crippen LogP contribution in [0.2, 0.25) is 0 Å². The number of nitriles is 1. The number of fused-ring (bicyclic) bond motifs is 1. The Morgan fingerprint density at radius 3 is 2.95 bits per heavy atom. The molecule has 1 aromatic carbocycles. The van der Waals surface area contributed by atoms with Gasteiger partial charge in [-0.15, -0.1) is 22.7 Å². The Labute approximate surface area is 127 Å². The molecule has 3 aromatic rings. The second-order valence-corrected chi connectivity index (χ2v) is 6.27. The molecule has 0 saturated carbocycles. The van der Waals surface area contributed by atoms with Crippen molar-refractivity contribution in [2.75, 3.05) is 0 Å². The molecule has 21 heavy (non-hydrogen) atoms. The van der Waals surface area contributed by atoms with Crippen LogP contribution in [-0.4, -0.2) is 15.8 Å². The van der Waals surface area contributed by atoms with Gasteiger partial charge in [-0.3, -0.25) is 4.79 Å². The third-order valence-corrected chi connectivity index (χ3v) is 5.02. The molecule has 0 aliphatic rings. The van der Waals surface area contributed by atoms with Crippen LogP contribution in [0.15, 0.2) is 23.7 Å². The molecule has 7 heteroatoms. The number of thiazole rings is 2. The van der Waals surface area contributed by atoms with Gasteiger partial charge >= 0.3 is 0 Å². The molecule has 2 heterocycles. The van der Waals surface area contributed by atoms with E-state index in [-0.39, 0.29) is 5.78 Å². The summed E-state index contributed by atoms with van der Waals surface area (Å²) in [6, 6.07) is 6.22. The highest BCUT2D eigenvalue weighted by Crippen LogP contribution is 2.31. The van der Waals surface area contributed by atoms with Crippen LogP contribution < -0.4 is 0 Å². The van der Waals surface area contributed by atoms with Crippen molar-refractivity contribution in [3.05, 3.63) is 45.1 Å². The summed E-state index contributed by atoms with van der Waals surface area (Å²) in [4.78, 5) is 21.2. The molecule has 0 aliphatic heterocycles. The molecule has 0 aliphatic carbocycles. The molecule has 0 saturated heterocycles. The largest absolute Gasteiger partial charge is 0.291 e. The lowest BCUT2D eigenvalue weighted by atomic mass is 10.0. The number of benzene rings is 1. The van der Waals surface area contributed by atoms with Crippen molar-refractivity contribution in [1.29, 1.82) is 5.26 Å². The molecule has 0 bridgehead atoms. The van der Waals surface area contributed by atoms with Gasteiger partial charge in [-0.1, -0.05) is 0 Å². The van der Waals surface area contributed by atoms with Gasteiger partial charge in [-0.05, 0) is 19.1 Å². The minimum absolute atomic E-state index is 0.308. The van der Waals surface area contributed by atoms with E-state index < -0.39 is 11.7 Å². The van der Waals surface area contributed by atoms with Gasteiger partial charge in [-0.25, -0.2) is 14.4 Å². The minimum Gasteiger partial charge on any atom is -0.291 e. The fraction of sp³-hybridized carbons (Fsp3) is 0.143. The summed E-state index contributed by atoms with van der Waals surface area (Å²) < 4.78 is 13.9. The van der Waals surface area contributed by atoms with Gasteiger partial charge in [0.05, 0.1) is 32.4 Å². The van der Waals surface area contributed by atoms with Crippen molar-refractivity contribution in [1.82, 2.24) is 9.97 Å². The van der Waals surface area contributed by atoms with Crippen molar-refractivity contribution in [2.45, 2.75) is 12.8 Å². The number of aryl methyl sites for hydroxylation is 1. The fourth-order valence-corrected chi connectivity index (χ4v) is 3.70. The van der Waals surface area contributed by atoms with Crippen LogP contribution in [0.4, 0.5) is 4.39 Å². The number of halogens is 1. The minimum atomic E-state index is -0.982. The average molecular weight is 317 g/mol. The summed E-state index contributed by atoms with van der Waals surface area (Å²) in [5.74, 6) is -1.68. The Balaban J connectivity index is 2.04. The van der Waals surface area contributed by atoms with Crippen LogP contribution >= 0.6 is 22.7 Å². The lowest BCUT2D eigenvalue weighted by Gasteiger charge is -2.02. The van der Waals surface area contributed by atoms with Gasteiger partial charge < -0.3 is 0 Å². The van der Waals surface area contributed by atoms with E-state index in [0.717, 1.165) is 4.70 Å². The predicted octanol–water partition coefficient (Wildman–Crippen LogP) is 3.69. The Morgan fingerprint density at radius 1 is 1.48 bits per heavy atom. The number of Topliss-reactive ketones (excluding diaryl/α,β-unsaturated/α-hetero) is 1. The first-order chi connectivity index (χ1) is 10.1. The molecule has 0 amide bonds. The van der Waals surface area contributed by atoms with E-state index >= 15 is 0 Å². The smallest absolute Gasteiger partial charge is 0.198 e. The lowest BCUT2D eigenvalue weighted by molar-refractivity contribution is 0.0982. The van der Waals surface area contributed by atoms with Crippen LogP contribution in [-0.2, 0) is 0 Å². The van der Waals surface area contributed by atoms with Crippen molar-refractivity contribution < 1.29 is 9.18 Å². The van der Waals surface area contributed by atoms with E-state index in [9.17, 15) is 14.4 Å². The van der Waals surface area contributed by atoms with Gasteiger partial charge in [0.25, 0.3) is 0 Å². The number of hydrogen-bond acceptors (Lipinski definition) is 6. The topological polar surface area (TPSA) is 66.6 Å². The SMILES string of the molecule is Cc1ncsc1C(=O)[C@@H](C#N)c1nc2cc(F)ccc2s1. The standard InChI is InChI=1S/C14H8FN3OS2/c1-7-13(20-6-17-7)12(19)9(5-16)14-18-10-4-8(15)2-3-11(10)21-14/h2-4,6,9H,1H3/t9-/m1/s1. The third kappa shape index (κ3) is 2.44. The summed E-state index contributed by atoms with van der Waals surface area (Å²) in [7, 11) is 0. The van der Waals surface area contributed by atoms with Gasteiger partial charge in [-0.2, -0.15) is 5.26 Å². The molecule has 4 nitrogen and oxygen atoms in total. The maximum absolute atomic E-state index is 13.2. The Morgan fingerprint density at radius 2 is 2.29 bits per heavy atom. The molecule has 104 valence electrons. The molecule has 0 spiro atoms. The van der Waals surface area contributed by atoms with Crippen molar-refractivity contribution in [2.24, 2.45) is 0 Å². The summed E-state index contributed by atoms with van der Waals surface area (Å²) in [5.41, 5.74) is 2.64. The summed E-state index contributed by atoms with van der Waals surface area (Å²) in [5, 5.41) is 9.71. The number of ketones is 1. The normalized spacial score (nSPS) is 12.2. The summed E-state index contributed by atoms with van der Waals surface area (Å²) in [6.07, 6.45) is 0. The average Bonchev–Trinajstić information content (AvgIpc) is 3.05. The first-order valence-electron chi connectivity index (χ1n) is 6.00. The Bertz CT molecular complexity index is 878. The number of nitrogens with zero attached hydrogens (tertiary/aromatic N) is 3. The summed E-state index contributed by atoms with van der Waals surface area (Å²) in [6.45, 7) is 1.73. The Kier molecular flexibility index (Phi) is 3.49. The quantitative estimate of drug-likeness (QED) is 0.691. The number of rotatable bonds is 3. The first-order valence-corrected chi connectivity index (χ1v) is 7.69. The monoisotopic (exact) mass is 317 g/mol. The molecular weight excluding hydrogens is 309 g/mol. The summed E-state index contributed by atoms with van der Waals surface area (Å²) >= 11 is 2.44. The van der Waals surface area contributed by atoms with Gasteiger partial charge in [0.1, 0.15) is 10.8 Å². The number of carbonyl (C=O) groups is 1. The predicted molar refractivity (Wildman–Crippen MR) is 79.1 cm³/mol. The van der Waals surface area contributed by atoms with Gasteiger partial charge in [0, 0.05) is 6.07 Å². The number of carbonyl (C=O) groups excluding carboxylic acids is 1. The van der Waals surface area contributed by atoms with Crippen molar-refractivity contribution in [3.8, 4) is 6.07 Å². The van der Waals surface area contributed by atoms with Crippen LogP contribution in [0.3, 0.4) is 0 Å². The molecule has 0 unspecified atom stereocenters. The van der Waals surface area contributed by atoms with E-state index in [0.29, 0.717) is 21.1 Å². The second kappa shape index (κ2) is 5.31. The highest BCUT2D eigenvalue weighted by atomic mass is 32.1. The molecular formula is C14H8FN3OS2. The molecule has 0 N–H and O–H groups in total. The maximum Gasteiger partial charge on any atom is 0.198 e.